The van der Waals surface area contributed by atoms with E-state index in [1.54, 1.807) is 0 Å². The van der Waals surface area contributed by atoms with Crippen molar-refractivity contribution in [1.82, 2.24) is 14.9 Å². The lowest BCUT2D eigenvalue weighted by atomic mass is 10.0. The Hall–Kier alpha value is -2.14. The SMILES string of the molecule is CN(Cc1cnc(N(C)C)nc1)Cc1cccc2c1OC(C)(C)C2. The van der Waals surface area contributed by atoms with Gasteiger partial charge in [-0.3, -0.25) is 4.90 Å². The normalized spacial score (nSPS) is 15.2. The molecule has 0 spiro atoms. The van der Waals surface area contributed by atoms with Crippen molar-refractivity contribution >= 4 is 5.95 Å². The highest BCUT2D eigenvalue weighted by atomic mass is 16.5. The molecule has 2 heterocycles. The first kappa shape index (κ1) is 16.7. The van der Waals surface area contributed by atoms with Crippen LogP contribution < -0.4 is 9.64 Å². The molecule has 0 fully saturated rings. The van der Waals surface area contributed by atoms with Crippen LogP contribution in [0.4, 0.5) is 5.95 Å². The maximum absolute atomic E-state index is 6.16. The van der Waals surface area contributed by atoms with Crippen LogP contribution in [0.5, 0.6) is 5.75 Å². The Labute approximate surface area is 144 Å². The third-order valence-corrected chi connectivity index (χ3v) is 4.16. The molecule has 1 aromatic carbocycles. The van der Waals surface area contributed by atoms with Crippen LogP contribution in [0.3, 0.4) is 0 Å². The number of aromatic nitrogens is 2. The van der Waals surface area contributed by atoms with E-state index in [9.17, 15) is 0 Å². The molecule has 1 aliphatic rings. The number of hydrogen-bond acceptors (Lipinski definition) is 5. The summed E-state index contributed by atoms with van der Waals surface area (Å²) < 4.78 is 6.16. The van der Waals surface area contributed by atoms with Gasteiger partial charge in [-0.05, 0) is 26.5 Å². The van der Waals surface area contributed by atoms with Crippen molar-refractivity contribution in [2.24, 2.45) is 0 Å². The van der Waals surface area contributed by atoms with E-state index in [2.05, 4.69) is 54.0 Å². The summed E-state index contributed by atoms with van der Waals surface area (Å²) >= 11 is 0. The fourth-order valence-corrected chi connectivity index (χ4v) is 3.12. The minimum absolute atomic E-state index is 0.104. The number of nitrogens with zero attached hydrogens (tertiary/aromatic N) is 4. The lowest BCUT2D eigenvalue weighted by Crippen LogP contribution is -2.25. The Kier molecular flexibility index (Phi) is 4.45. The maximum Gasteiger partial charge on any atom is 0.224 e. The largest absolute Gasteiger partial charge is 0.487 e. The summed E-state index contributed by atoms with van der Waals surface area (Å²) in [7, 11) is 6.00. The lowest BCUT2D eigenvalue weighted by Gasteiger charge is -2.21. The average Bonchev–Trinajstić information content (AvgIpc) is 2.83. The molecule has 0 saturated carbocycles. The molecule has 5 nitrogen and oxygen atoms in total. The zero-order valence-corrected chi connectivity index (χ0v) is 15.2. The summed E-state index contributed by atoms with van der Waals surface area (Å²) in [6.45, 7) is 5.93. The highest BCUT2D eigenvalue weighted by Crippen LogP contribution is 2.37. The molecular formula is C19H26N4O. The first-order valence-corrected chi connectivity index (χ1v) is 8.31. The maximum atomic E-state index is 6.16. The predicted octanol–water partition coefficient (Wildman–Crippen LogP) is 2.89. The molecule has 0 aliphatic carbocycles. The number of ether oxygens (including phenoxy) is 1. The summed E-state index contributed by atoms with van der Waals surface area (Å²) in [5.74, 6) is 1.80. The molecule has 0 atom stereocenters. The van der Waals surface area contributed by atoms with E-state index in [0.29, 0.717) is 0 Å². The standard InChI is InChI=1S/C19H26N4O/c1-19(2)9-15-7-6-8-16(17(15)24-19)13-23(5)12-14-10-20-18(21-11-14)22(3)4/h6-8,10-11H,9,12-13H2,1-5H3. The molecule has 1 aromatic heterocycles. The Morgan fingerprint density at radius 3 is 2.46 bits per heavy atom. The van der Waals surface area contributed by atoms with Gasteiger partial charge in [0.25, 0.3) is 0 Å². The van der Waals surface area contributed by atoms with Gasteiger partial charge in [0.15, 0.2) is 0 Å². The third kappa shape index (κ3) is 3.67. The smallest absolute Gasteiger partial charge is 0.224 e. The van der Waals surface area contributed by atoms with Gasteiger partial charge in [-0.1, -0.05) is 18.2 Å². The second-order valence-electron chi connectivity index (χ2n) is 7.40. The van der Waals surface area contributed by atoms with E-state index < -0.39 is 0 Å². The Bertz CT molecular complexity index is 710. The van der Waals surface area contributed by atoms with E-state index in [-0.39, 0.29) is 5.60 Å². The van der Waals surface area contributed by atoms with Crippen molar-refractivity contribution < 1.29 is 4.74 Å². The fourth-order valence-electron chi connectivity index (χ4n) is 3.12. The molecular weight excluding hydrogens is 300 g/mol. The van der Waals surface area contributed by atoms with E-state index in [4.69, 9.17) is 4.74 Å². The van der Waals surface area contributed by atoms with E-state index in [1.165, 1.54) is 11.1 Å². The monoisotopic (exact) mass is 326 g/mol. The van der Waals surface area contributed by atoms with Crippen molar-refractivity contribution in [2.75, 3.05) is 26.0 Å². The van der Waals surface area contributed by atoms with Gasteiger partial charge >= 0.3 is 0 Å². The molecule has 3 rings (SSSR count). The molecule has 0 radical (unpaired) electrons. The van der Waals surface area contributed by atoms with Crippen LogP contribution in [0.1, 0.15) is 30.5 Å². The molecule has 5 heteroatoms. The van der Waals surface area contributed by atoms with Crippen LogP contribution in [0.15, 0.2) is 30.6 Å². The van der Waals surface area contributed by atoms with Crippen molar-refractivity contribution in [1.29, 1.82) is 0 Å². The average molecular weight is 326 g/mol. The van der Waals surface area contributed by atoms with Crippen LogP contribution >= 0.6 is 0 Å². The summed E-state index contributed by atoms with van der Waals surface area (Å²) in [6, 6.07) is 6.45. The zero-order chi connectivity index (χ0) is 17.3. The summed E-state index contributed by atoms with van der Waals surface area (Å²) in [5.41, 5.74) is 3.56. The number of fused-ring (bicyclic) bond motifs is 1. The molecule has 0 N–H and O–H groups in total. The Morgan fingerprint density at radius 1 is 1.08 bits per heavy atom. The molecule has 1 aliphatic heterocycles. The summed E-state index contributed by atoms with van der Waals surface area (Å²) in [5, 5.41) is 0. The van der Waals surface area contributed by atoms with Crippen molar-refractivity contribution in [3.05, 3.63) is 47.3 Å². The number of benzene rings is 1. The van der Waals surface area contributed by atoms with Crippen molar-refractivity contribution in [2.45, 2.75) is 39.0 Å². The van der Waals surface area contributed by atoms with Gasteiger partial charge in [0.05, 0.1) is 0 Å². The van der Waals surface area contributed by atoms with Crippen LogP contribution in [0.2, 0.25) is 0 Å². The van der Waals surface area contributed by atoms with Gasteiger partial charge in [0.2, 0.25) is 5.95 Å². The molecule has 24 heavy (non-hydrogen) atoms. The van der Waals surface area contributed by atoms with Crippen LogP contribution in [0, 0.1) is 0 Å². The fraction of sp³-hybridized carbons (Fsp3) is 0.474. The lowest BCUT2D eigenvalue weighted by molar-refractivity contribution is 0.135. The molecule has 128 valence electrons. The first-order valence-electron chi connectivity index (χ1n) is 8.31. The molecule has 2 aromatic rings. The van der Waals surface area contributed by atoms with E-state index >= 15 is 0 Å². The molecule has 0 saturated heterocycles. The predicted molar refractivity (Wildman–Crippen MR) is 96.4 cm³/mol. The number of rotatable bonds is 5. The number of anilines is 1. The van der Waals surface area contributed by atoms with E-state index in [1.807, 2.05) is 31.4 Å². The van der Waals surface area contributed by atoms with Gasteiger partial charge in [-0.25, -0.2) is 9.97 Å². The van der Waals surface area contributed by atoms with Crippen LogP contribution in [0.25, 0.3) is 0 Å². The Balaban J connectivity index is 1.68. The first-order chi connectivity index (χ1) is 11.3. The second kappa shape index (κ2) is 6.40. The topological polar surface area (TPSA) is 41.5 Å². The highest BCUT2D eigenvalue weighted by molar-refractivity contribution is 5.45. The van der Waals surface area contributed by atoms with Crippen LogP contribution in [-0.4, -0.2) is 41.6 Å². The highest BCUT2D eigenvalue weighted by Gasteiger charge is 2.31. The summed E-state index contributed by atoms with van der Waals surface area (Å²) in [6.07, 6.45) is 4.77. The number of para-hydroxylation sites is 1. The zero-order valence-electron chi connectivity index (χ0n) is 15.2. The second-order valence-corrected chi connectivity index (χ2v) is 7.40. The van der Waals surface area contributed by atoms with Gasteiger partial charge in [-0.15, -0.1) is 0 Å². The van der Waals surface area contributed by atoms with Gasteiger partial charge in [0.1, 0.15) is 11.4 Å². The third-order valence-electron chi connectivity index (χ3n) is 4.16. The number of hydrogen-bond donors (Lipinski definition) is 0. The van der Waals surface area contributed by atoms with Gasteiger partial charge < -0.3 is 9.64 Å². The van der Waals surface area contributed by atoms with E-state index in [0.717, 1.165) is 36.8 Å². The molecule has 0 bridgehead atoms. The Morgan fingerprint density at radius 2 is 1.79 bits per heavy atom. The van der Waals surface area contributed by atoms with Crippen molar-refractivity contribution in [3.8, 4) is 5.75 Å². The van der Waals surface area contributed by atoms with Gasteiger partial charge in [-0.2, -0.15) is 0 Å². The summed E-state index contributed by atoms with van der Waals surface area (Å²) in [4.78, 5) is 12.9. The molecule has 0 amide bonds. The minimum atomic E-state index is -0.104. The minimum Gasteiger partial charge on any atom is -0.487 e. The van der Waals surface area contributed by atoms with Crippen LogP contribution in [-0.2, 0) is 19.5 Å². The quantitative estimate of drug-likeness (QED) is 0.845. The molecule has 0 unspecified atom stereocenters. The van der Waals surface area contributed by atoms with Crippen molar-refractivity contribution in [3.63, 3.8) is 0 Å². The van der Waals surface area contributed by atoms with Gasteiger partial charge in [0, 0.05) is 57.1 Å².